The zero-order valence-electron chi connectivity index (χ0n) is 6.73. The standard InChI is InChI=1S/C7H9Cl3O3/c8-7(9,10)6(13)5(12)3-1-2-4-11/h11H,1-4H2. The van der Waals surface area contributed by atoms with Gasteiger partial charge in [-0.1, -0.05) is 34.8 Å². The van der Waals surface area contributed by atoms with Gasteiger partial charge < -0.3 is 5.11 Å². The second-order valence-electron chi connectivity index (χ2n) is 2.43. The first-order valence-electron chi connectivity index (χ1n) is 3.64. The van der Waals surface area contributed by atoms with Gasteiger partial charge in [-0.15, -0.1) is 0 Å². The van der Waals surface area contributed by atoms with Gasteiger partial charge in [0.15, 0.2) is 0 Å². The van der Waals surface area contributed by atoms with Crippen molar-refractivity contribution in [3.8, 4) is 0 Å². The minimum Gasteiger partial charge on any atom is -0.396 e. The van der Waals surface area contributed by atoms with Gasteiger partial charge in [0.25, 0.3) is 3.79 Å². The molecule has 0 heterocycles. The Morgan fingerprint density at radius 3 is 2.08 bits per heavy atom. The Kier molecular flexibility index (Phi) is 5.88. The van der Waals surface area contributed by atoms with E-state index >= 15 is 0 Å². The third-order valence-corrected chi connectivity index (χ3v) is 1.84. The maximum absolute atomic E-state index is 11.0. The fourth-order valence-electron chi connectivity index (χ4n) is 0.669. The van der Waals surface area contributed by atoms with Crippen molar-refractivity contribution in [2.45, 2.75) is 23.1 Å². The molecular weight excluding hydrogens is 238 g/mol. The van der Waals surface area contributed by atoms with Gasteiger partial charge in [-0.05, 0) is 12.8 Å². The van der Waals surface area contributed by atoms with E-state index in [1.165, 1.54) is 0 Å². The zero-order valence-corrected chi connectivity index (χ0v) is 8.99. The van der Waals surface area contributed by atoms with E-state index < -0.39 is 15.4 Å². The number of halogens is 3. The fraction of sp³-hybridized carbons (Fsp3) is 0.714. The molecule has 76 valence electrons. The third kappa shape index (κ3) is 5.47. The Morgan fingerprint density at radius 2 is 1.69 bits per heavy atom. The maximum Gasteiger partial charge on any atom is 0.256 e. The summed E-state index contributed by atoms with van der Waals surface area (Å²) in [6.07, 6.45) is 0.883. The number of ketones is 2. The monoisotopic (exact) mass is 246 g/mol. The first kappa shape index (κ1) is 13.2. The molecule has 0 bridgehead atoms. The molecule has 13 heavy (non-hydrogen) atoms. The van der Waals surface area contributed by atoms with E-state index in [1.807, 2.05) is 0 Å². The lowest BCUT2D eigenvalue weighted by atomic mass is 10.1. The van der Waals surface area contributed by atoms with Crippen LogP contribution < -0.4 is 0 Å². The Balaban J connectivity index is 3.92. The number of alkyl halides is 3. The van der Waals surface area contributed by atoms with Crippen LogP contribution in [-0.2, 0) is 9.59 Å². The molecule has 1 N–H and O–H groups in total. The molecule has 6 heteroatoms. The van der Waals surface area contributed by atoms with Crippen molar-refractivity contribution in [1.29, 1.82) is 0 Å². The van der Waals surface area contributed by atoms with Crippen molar-refractivity contribution in [2.75, 3.05) is 6.61 Å². The number of rotatable bonds is 5. The highest BCUT2D eigenvalue weighted by atomic mass is 35.6. The van der Waals surface area contributed by atoms with E-state index in [2.05, 4.69) is 0 Å². The van der Waals surface area contributed by atoms with Crippen molar-refractivity contribution < 1.29 is 14.7 Å². The molecule has 0 aliphatic rings. The largest absolute Gasteiger partial charge is 0.396 e. The Hall–Kier alpha value is 0.170. The maximum atomic E-state index is 11.0. The van der Waals surface area contributed by atoms with E-state index in [0.717, 1.165) is 0 Å². The summed E-state index contributed by atoms with van der Waals surface area (Å²) in [6, 6.07) is 0. The number of carbonyl (C=O) groups is 2. The van der Waals surface area contributed by atoms with Crippen LogP contribution in [0.3, 0.4) is 0 Å². The minimum absolute atomic E-state index is 0.00725. The first-order chi connectivity index (χ1) is 5.89. The van der Waals surface area contributed by atoms with Crippen LogP contribution in [0.5, 0.6) is 0 Å². The molecule has 0 aromatic carbocycles. The summed E-state index contributed by atoms with van der Waals surface area (Å²) in [4.78, 5) is 21.9. The molecule has 0 aliphatic heterocycles. The Morgan fingerprint density at radius 1 is 1.15 bits per heavy atom. The molecule has 0 amide bonds. The average molecular weight is 248 g/mol. The molecule has 0 spiro atoms. The molecule has 0 aromatic heterocycles. The highest BCUT2D eigenvalue weighted by molar-refractivity contribution is 6.81. The number of aliphatic hydroxyl groups is 1. The van der Waals surface area contributed by atoms with Gasteiger partial charge in [0, 0.05) is 13.0 Å². The Labute approximate surface area is 91.0 Å². The van der Waals surface area contributed by atoms with Crippen LogP contribution in [0, 0.1) is 0 Å². The van der Waals surface area contributed by atoms with Gasteiger partial charge in [0.2, 0.25) is 11.6 Å². The highest BCUT2D eigenvalue weighted by Gasteiger charge is 2.35. The van der Waals surface area contributed by atoms with Crippen molar-refractivity contribution in [2.24, 2.45) is 0 Å². The summed E-state index contributed by atoms with van der Waals surface area (Å²) in [5.74, 6) is -1.73. The van der Waals surface area contributed by atoms with Crippen molar-refractivity contribution in [3.05, 3.63) is 0 Å². The quantitative estimate of drug-likeness (QED) is 0.457. The topological polar surface area (TPSA) is 54.4 Å². The molecule has 0 aliphatic carbocycles. The molecule has 0 rings (SSSR count). The smallest absolute Gasteiger partial charge is 0.256 e. The van der Waals surface area contributed by atoms with Crippen LogP contribution in [0.4, 0.5) is 0 Å². The average Bonchev–Trinajstić information content (AvgIpc) is 2.01. The van der Waals surface area contributed by atoms with Crippen molar-refractivity contribution >= 4 is 46.4 Å². The van der Waals surface area contributed by atoms with Gasteiger partial charge >= 0.3 is 0 Å². The SMILES string of the molecule is O=C(CCCCO)C(=O)C(Cl)(Cl)Cl. The van der Waals surface area contributed by atoms with Crippen LogP contribution in [0.25, 0.3) is 0 Å². The normalized spacial score (nSPS) is 11.4. The molecule has 0 radical (unpaired) electrons. The van der Waals surface area contributed by atoms with E-state index in [1.54, 1.807) is 0 Å². The van der Waals surface area contributed by atoms with Gasteiger partial charge in [0.05, 0.1) is 0 Å². The second-order valence-corrected chi connectivity index (χ2v) is 4.71. The number of carbonyl (C=O) groups excluding carboxylic acids is 2. The molecule has 0 aromatic rings. The Bertz CT molecular complexity index is 198. The van der Waals surface area contributed by atoms with Crippen LogP contribution in [0.1, 0.15) is 19.3 Å². The first-order valence-corrected chi connectivity index (χ1v) is 4.78. The molecule has 0 atom stereocenters. The van der Waals surface area contributed by atoms with Crippen LogP contribution >= 0.6 is 34.8 Å². The number of hydrogen-bond donors (Lipinski definition) is 1. The molecule has 0 fully saturated rings. The van der Waals surface area contributed by atoms with Crippen LogP contribution in [0.15, 0.2) is 0 Å². The summed E-state index contributed by atoms with van der Waals surface area (Å²) < 4.78 is -2.16. The summed E-state index contributed by atoms with van der Waals surface area (Å²) in [6.45, 7) is -0.0186. The summed E-state index contributed by atoms with van der Waals surface area (Å²) in [7, 11) is 0. The minimum atomic E-state index is -2.16. The zero-order chi connectivity index (χ0) is 10.5. The van der Waals surface area contributed by atoms with Gasteiger partial charge in [0.1, 0.15) is 0 Å². The van der Waals surface area contributed by atoms with Crippen molar-refractivity contribution in [3.63, 3.8) is 0 Å². The number of aliphatic hydroxyl groups excluding tert-OH is 1. The van der Waals surface area contributed by atoms with Crippen LogP contribution in [-0.4, -0.2) is 27.1 Å². The lowest BCUT2D eigenvalue weighted by molar-refractivity contribution is -0.136. The summed E-state index contributed by atoms with van der Waals surface area (Å²) >= 11 is 15.6. The molecule has 0 saturated heterocycles. The lowest BCUT2D eigenvalue weighted by Gasteiger charge is -2.07. The summed E-state index contributed by atoms with van der Waals surface area (Å²) in [5.41, 5.74) is 0. The predicted molar refractivity (Wildman–Crippen MR) is 51.2 cm³/mol. The highest BCUT2D eigenvalue weighted by Crippen LogP contribution is 2.27. The molecule has 0 saturated carbocycles. The van der Waals surface area contributed by atoms with E-state index in [-0.39, 0.29) is 13.0 Å². The van der Waals surface area contributed by atoms with Crippen molar-refractivity contribution in [1.82, 2.24) is 0 Å². The molecule has 0 unspecified atom stereocenters. The molecule has 3 nitrogen and oxygen atoms in total. The third-order valence-electron chi connectivity index (χ3n) is 1.32. The number of hydrogen-bond acceptors (Lipinski definition) is 3. The predicted octanol–water partition coefficient (Wildman–Crippen LogP) is 1.66. The van der Waals surface area contributed by atoms with Crippen LogP contribution in [0.2, 0.25) is 0 Å². The lowest BCUT2D eigenvalue weighted by Crippen LogP contribution is -2.27. The second kappa shape index (κ2) is 5.81. The van der Waals surface area contributed by atoms with E-state index in [4.69, 9.17) is 39.9 Å². The summed E-state index contributed by atoms with van der Waals surface area (Å²) in [5, 5.41) is 8.40. The van der Waals surface area contributed by atoms with Gasteiger partial charge in [-0.3, -0.25) is 9.59 Å². The number of unbranched alkanes of at least 4 members (excludes halogenated alkanes) is 1. The van der Waals surface area contributed by atoms with E-state index in [9.17, 15) is 9.59 Å². The fourth-order valence-corrected chi connectivity index (χ4v) is 0.985. The number of Topliss-reactive ketones (excluding diaryl/α,β-unsaturated/α-hetero) is 2. The van der Waals surface area contributed by atoms with E-state index in [0.29, 0.717) is 12.8 Å². The van der Waals surface area contributed by atoms with Gasteiger partial charge in [-0.2, -0.15) is 0 Å². The van der Waals surface area contributed by atoms with Gasteiger partial charge in [-0.25, -0.2) is 0 Å². The molecular formula is C7H9Cl3O3.